The van der Waals surface area contributed by atoms with E-state index in [4.69, 9.17) is 21.1 Å². The molecule has 0 spiro atoms. The maximum atomic E-state index is 12.7. The minimum absolute atomic E-state index is 0.154. The second-order valence-electron chi connectivity index (χ2n) is 6.48. The Morgan fingerprint density at radius 1 is 1.10 bits per heavy atom. The Morgan fingerprint density at radius 2 is 1.84 bits per heavy atom. The molecule has 2 aromatic carbocycles. The van der Waals surface area contributed by atoms with Gasteiger partial charge in [0, 0.05) is 4.90 Å². The van der Waals surface area contributed by atoms with E-state index < -0.39 is 24.0 Å². The summed E-state index contributed by atoms with van der Waals surface area (Å²) in [6, 6.07) is 12.8. The van der Waals surface area contributed by atoms with Crippen LogP contribution in [0.15, 0.2) is 64.7 Å². The smallest absolute Gasteiger partial charge is 0.340 e. The number of nitrogens with one attached hydrogen (secondary N) is 2. The molecule has 0 aromatic heterocycles. The molecule has 0 aliphatic carbocycles. The molecule has 0 fully saturated rings. The van der Waals surface area contributed by atoms with E-state index in [1.807, 2.05) is 12.3 Å². The Morgan fingerprint density at radius 3 is 2.52 bits per heavy atom. The van der Waals surface area contributed by atoms with Crippen molar-refractivity contribution < 1.29 is 23.9 Å². The van der Waals surface area contributed by atoms with Gasteiger partial charge in [-0.2, -0.15) is 0 Å². The van der Waals surface area contributed by atoms with Crippen molar-refractivity contribution in [1.29, 1.82) is 0 Å². The average molecular weight is 461 g/mol. The zero-order chi connectivity index (χ0) is 22.4. The van der Waals surface area contributed by atoms with E-state index in [1.54, 1.807) is 49.4 Å². The van der Waals surface area contributed by atoms with E-state index in [9.17, 15) is 14.4 Å². The third kappa shape index (κ3) is 5.39. The Hall–Kier alpha value is -2.97. The second kappa shape index (κ2) is 10.4. The van der Waals surface area contributed by atoms with Crippen molar-refractivity contribution in [3.63, 3.8) is 0 Å². The fourth-order valence-corrected chi connectivity index (χ4v) is 3.71. The highest BCUT2D eigenvalue weighted by Gasteiger charge is 2.34. The van der Waals surface area contributed by atoms with Crippen LogP contribution < -0.4 is 10.6 Å². The predicted octanol–water partition coefficient (Wildman–Crippen LogP) is 4.09. The van der Waals surface area contributed by atoms with Crippen molar-refractivity contribution >= 4 is 41.3 Å². The number of esters is 2. The molecule has 0 saturated heterocycles. The SMILES string of the molecule is CCOC(=O)C1=C(COC(=O)c2cc(SC)ccc2Cl)NC(=O)NC1c1ccccc1. The van der Waals surface area contributed by atoms with E-state index in [0.29, 0.717) is 5.56 Å². The van der Waals surface area contributed by atoms with E-state index >= 15 is 0 Å². The number of halogens is 1. The summed E-state index contributed by atoms with van der Waals surface area (Å²) in [4.78, 5) is 38.5. The van der Waals surface area contributed by atoms with Gasteiger partial charge in [-0.15, -0.1) is 11.8 Å². The number of ether oxygens (including phenoxy) is 2. The summed E-state index contributed by atoms with van der Waals surface area (Å²) in [5.74, 6) is -1.28. The maximum Gasteiger partial charge on any atom is 0.340 e. The van der Waals surface area contributed by atoms with Gasteiger partial charge in [0.15, 0.2) is 0 Å². The minimum atomic E-state index is -0.744. The summed E-state index contributed by atoms with van der Waals surface area (Å²) in [5, 5.41) is 5.54. The lowest BCUT2D eigenvalue weighted by Crippen LogP contribution is -2.47. The molecule has 0 bridgehead atoms. The number of hydrogen-bond acceptors (Lipinski definition) is 6. The normalized spacial score (nSPS) is 15.7. The molecule has 9 heteroatoms. The Labute approximate surface area is 189 Å². The molecule has 7 nitrogen and oxygen atoms in total. The lowest BCUT2D eigenvalue weighted by molar-refractivity contribution is -0.139. The molecule has 1 heterocycles. The third-order valence-electron chi connectivity index (χ3n) is 4.52. The van der Waals surface area contributed by atoms with Gasteiger partial charge in [-0.3, -0.25) is 0 Å². The summed E-state index contributed by atoms with van der Waals surface area (Å²) >= 11 is 7.60. The molecule has 3 rings (SSSR count). The van der Waals surface area contributed by atoms with Gasteiger partial charge in [-0.25, -0.2) is 14.4 Å². The van der Waals surface area contributed by atoms with Crippen LogP contribution >= 0.6 is 23.4 Å². The van der Waals surface area contributed by atoms with E-state index in [1.165, 1.54) is 11.8 Å². The van der Waals surface area contributed by atoms with E-state index in [0.717, 1.165) is 4.90 Å². The Kier molecular flexibility index (Phi) is 7.59. The Bertz CT molecular complexity index is 1030. The van der Waals surface area contributed by atoms with Crippen LogP contribution in [-0.4, -0.2) is 37.4 Å². The first-order valence-corrected chi connectivity index (χ1v) is 11.1. The quantitative estimate of drug-likeness (QED) is 0.477. The molecule has 1 aliphatic rings. The molecule has 0 radical (unpaired) electrons. The van der Waals surface area contributed by atoms with Crippen molar-refractivity contribution in [1.82, 2.24) is 10.6 Å². The summed E-state index contributed by atoms with van der Waals surface area (Å²) in [7, 11) is 0. The first-order valence-electron chi connectivity index (χ1n) is 9.47. The molecule has 1 aliphatic heterocycles. The van der Waals surface area contributed by atoms with Gasteiger partial charge in [-0.05, 0) is 36.9 Å². The minimum Gasteiger partial charge on any atom is -0.463 e. The van der Waals surface area contributed by atoms with Crippen LogP contribution in [0.5, 0.6) is 0 Å². The lowest BCUT2D eigenvalue weighted by Gasteiger charge is -2.29. The van der Waals surface area contributed by atoms with Crippen LogP contribution in [0.1, 0.15) is 28.9 Å². The third-order valence-corrected chi connectivity index (χ3v) is 5.58. The lowest BCUT2D eigenvalue weighted by atomic mass is 9.95. The number of urea groups is 1. The van der Waals surface area contributed by atoms with Gasteiger partial charge in [-0.1, -0.05) is 41.9 Å². The van der Waals surface area contributed by atoms with Gasteiger partial charge < -0.3 is 20.1 Å². The van der Waals surface area contributed by atoms with Gasteiger partial charge in [0.1, 0.15) is 6.61 Å². The summed E-state index contributed by atoms with van der Waals surface area (Å²) in [6.07, 6.45) is 1.88. The van der Waals surface area contributed by atoms with Crippen LogP contribution in [0, 0.1) is 0 Å². The van der Waals surface area contributed by atoms with Crippen LogP contribution in [0.4, 0.5) is 4.79 Å². The van der Waals surface area contributed by atoms with Crippen LogP contribution in [0.3, 0.4) is 0 Å². The van der Waals surface area contributed by atoms with Crippen molar-refractivity contribution in [2.75, 3.05) is 19.5 Å². The maximum absolute atomic E-state index is 12.7. The molecular formula is C22H21ClN2O5S. The standard InChI is InChI=1S/C22H21ClN2O5S/c1-3-29-21(27)18-17(24-22(28)25-19(18)13-7-5-4-6-8-13)12-30-20(26)15-11-14(31-2)9-10-16(15)23/h4-11,19H,3,12H2,1-2H3,(H2,24,25,28). The van der Waals surface area contributed by atoms with Gasteiger partial charge in [0.2, 0.25) is 0 Å². The number of rotatable bonds is 7. The zero-order valence-corrected chi connectivity index (χ0v) is 18.5. The molecule has 2 amide bonds. The number of hydrogen-bond donors (Lipinski definition) is 2. The first-order chi connectivity index (χ1) is 14.9. The van der Waals surface area contributed by atoms with Crippen LogP contribution in [-0.2, 0) is 14.3 Å². The molecule has 162 valence electrons. The number of carbonyl (C=O) groups excluding carboxylic acids is 3. The predicted molar refractivity (Wildman–Crippen MR) is 118 cm³/mol. The second-order valence-corrected chi connectivity index (χ2v) is 7.76. The number of carbonyl (C=O) groups is 3. The molecule has 2 aromatic rings. The van der Waals surface area contributed by atoms with Crippen molar-refractivity contribution in [2.45, 2.75) is 17.9 Å². The largest absolute Gasteiger partial charge is 0.463 e. The highest BCUT2D eigenvalue weighted by molar-refractivity contribution is 7.98. The first kappa shape index (κ1) is 22.7. The van der Waals surface area contributed by atoms with Crippen molar-refractivity contribution in [3.05, 3.63) is 76.0 Å². The van der Waals surface area contributed by atoms with Gasteiger partial charge >= 0.3 is 18.0 Å². The average Bonchev–Trinajstić information content (AvgIpc) is 2.78. The summed E-state index contributed by atoms with van der Waals surface area (Å²) in [6.45, 7) is 1.51. The molecule has 31 heavy (non-hydrogen) atoms. The zero-order valence-electron chi connectivity index (χ0n) is 16.9. The number of benzene rings is 2. The van der Waals surface area contributed by atoms with Crippen molar-refractivity contribution in [2.24, 2.45) is 0 Å². The fraction of sp³-hybridized carbons (Fsp3) is 0.227. The van der Waals surface area contributed by atoms with Crippen LogP contribution in [0.2, 0.25) is 5.02 Å². The monoisotopic (exact) mass is 460 g/mol. The molecule has 1 atom stereocenters. The van der Waals surface area contributed by atoms with Crippen molar-refractivity contribution in [3.8, 4) is 0 Å². The van der Waals surface area contributed by atoms with Crippen LogP contribution in [0.25, 0.3) is 0 Å². The topological polar surface area (TPSA) is 93.7 Å². The summed E-state index contributed by atoms with van der Waals surface area (Å²) < 4.78 is 10.6. The fourth-order valence-electron chi connectivity index (χ4n) is 3.08. The van der Waals surface area contributed by atoms with Gasteiger partial charge in [0.25, 0.3) is 0 Å². The molecule has 2 N–H and O–H groups in total. The van der Waals surface area contributed by atoms with Gasteiger partial charge in [0.05, 0.1) is 34.5 Å². The number of amides is 2. The number of thioether (sulfide) groups is 1. The highest BCUT2D eigenvalue weighted by Crippen LogP contribution is 2.28. The summed E-state index contributed by atoms with van der Waals surface area (Å²) in [5.41, 5.74) is 1.22. The molecule has 0 saturated carbocycles. The Balaban J connectivity index is 1.92. The molecular weight excluding hydrogens is 440 g/mol. The van der Waals surface area contributed by atoms with E-state index in [-0.39, 0.29) is 35.1 Å². The highest BCUT2D eigenvalue weighted by atomic mass is 35.5. The van der Waals surface area contributed by atoms with E-state index in [2.05, 4.69) is 10.6 Å². The molecule has 1 unspecified atom stereocenters.